The number of halogens is 1. The van der Waals surface area contributed by atoms with E-state index in [2.05, 4.69) is 20.9 Å². The molecule has 0 N–H and O–H groups in total. The summed E-state index contributed by atoms with van der Waals surface area (Å²) in [6.07, 6.45) is 1.60. The molecule has 0 aliphatic heterocycles. The topological polar surface area (TPSA) is 33.2 Å². The smallest absolute Gasteiger partial charge is 0.273 e. The molecule has 1 aromatic heterocycles. The normalized spacial score (nSPS) is 9.58. The van der Waals surface area contributed by atoms with Crippen molar-refractivity contribution < 1.29 is 4.79 Å². The van der Waals surface area contributed by atoms with E-state index in [1.807, 2.05) is 0 Å². The van der Waals surface area contributed by atoms with Crippen LogP contribution in [0.2, 0.25) is 0 Å². The minimum Gasteiger partial charge on any atom is -0.343 e. The third-order valence-corrected chi connectivity index (χ3v) is 2.01. The van der Waals surface area contributed by atoms with Crippen molar-refractivity contribution in [1.82, 2.24) is 9.88 Å². The van der Waals surface area contributed by atoms with Crippen molar-refractivity contribution in [3.63, 3.8) is 0 Å². The molecule has 0 radical (unpaired) electrons. The summed E-state index contributed by atoms with van der Waals surface area (Å²) < 4.78 is 0.726. The molecule has 0 unspecified atom stereocenters. The number of carbonyl (C=O) groups is 1. The maximum atomic E-state index is 11.4. The van der Waals surface area contributed by atoms with Gasteiger partial charge in [0.1, 0.15) is 5.69 Å². The zero-order chi connectivity index (χ0) is 9.14. The molecule has 12 heavy (non-hydrogen) atoms. The highest BCUT2D eigenvalue weighted by molar-refractivity contribution is 9.10. The van der Waals surface area contributed by atoms with Crippen LogP contribution in [0.15, 0.2) is 22.8 Å². The molecule has 1 aromatic rings. The van der Waals surface area contributed by atoms with Crippen molar-refractivity contribution in [3.8, 4) is 0 Å². The summed E-state index contributed by atoms with van der Waals surface area (Å²) >= 11 is 3.26. The van der Waals surface area contributed by atoms with Gasteiger partial charge in [-0.05, 0) is 28.1 Å². The fraction of sp³-hybridized carbons (Fsp3) is 0.250. The zero-order valence-corrected chi connectivity index (χ0v) is 8.50. The monoisotopic (exact) mass is 228 g/mol. The van der Waals surface area contributed by atoms with E-state index >= 15 is 0 Å². The van der Waals surface area contributed by atoms with Gasteiger partial charge in [-0.25, -0.2) is 4.98 Å². The Morgan fingerprint density at radius 3 is 2.75 bits per heavy atom. The molecule has 0 fully saturated rings. The Kier molecular flexibility index (Phi) is 2.81. The van der Waals surface area contributed by atoms with E-state index in [4.69, 9.17) is 0 Å². The molecule has 0 aliphatic carbocycles. The van der Waals surface area contributed by atoms with Gasteiger partial charge < -0.3 is 4.90 Å². The lowest BCUT2D eigenvalue weighted by atomic mass is 10.3. The van der Waals surface area contributed by atoms with Crippen LogP contribution in [-0.4, -0.2) is 29.9 Å². The average Bonchev–Trinajstić information content (AvgIpc) is 2.04. The lowest BCUT2D eigenvalue weighted by Gasteiger charge is -2.09. The molecular weight excluding hydrogens is 220 g/mol. The van der Waals surface area contributed by atoms with Crippen LogP contribution in [0.1, 0.15) is 10.5 Å². The number of carbonyl (C=O) groups excluding carboxylic acids is 1. The van der Waals surface area contributed by atoms with Gasteiger partial charge in [0.25, 0.3) is 5.91 Å². The molecule has 0 saturated heterocycles. The number of hydrogen-bond acceptors (Lipinski definition) is 2. The van der Waals surface area contributed by atoms with E-state index in [-0.39, 0.29) is 5.91 Å². The molecule has 0 aromatic carbocycles. The second-order valence-corrected chi connectivity index (χ2v) is 3.39. The summed E-state index contributed by atoms with van der Waals surface area (Å²) in [4.78, 5) is 16.9. The molecule has 0 aliphatic rings. The Hall–Kier alpha value is -0.900. The van der Waals surface area contributed by atoms with E-state index in [0.717, 1.165) is 4.47 Å². The van der Waals surface area contributed by atoms with Gasteiger partial charge >= 0.3 is 0 Å². The number of amides is 1. The summed E-state index contributed by atoms with van der Waals surface area (Å²) in [6, 6.07) is 3.57. The van der Waals surface area contributed by atoms with Gasteiger partial charge in [-0.1, -0.05) is 0 Å². The Morgan fingerprint density at radius 1 is 1.58 bits per heavy atom. The van der Waals surface area contributed by atoms with Crippen LogP contribution in [0.3, 0.4) is 0 Å². The predicted octanol–water partition coefficient (Wildman–Crippen LogP) is 1.55. The van der Waals surface area contributed by atoms with Crippen molar-refractivity contribution in [2.45, 2.75) is 0 Å². The van der Waals surface area contributed by atoms with Crippen LogP contribution in [-0.2, 0) is 0 Å². The van der Waals surface area contributed by atoms with E-state index in [1.165, 1.54) is 4.90 Å². The van der Waals surface area contributed by atoms with Gasteiger partial charge in [0.15, 0.2) is 0 Å². The molecule has 0 saturated carbocycles. The Balaban J connectivity index is 3.03. The molecular formula is C8H9BrN2O. The SMILES string of the molecule is CN(C)C(=O)c1ncccc1Br. The molecule has 0 atom stereocenters. The van der Waals surface area contributed by atoms with Gasteiger partial charge in [-0.15, -0.1) is 0 Å². The van der Waals surface area contributed by atoms with Crippen LogP contribution >= 0.6 is 15.9 Å². The fourth-order valence-electron chi connectivity index (χ4n) is 0.755. The standard InChI is InChI=1S/C8H9BrN2O/c1-11(2)8(12)7-6(9)4-3-5-10-7/h3-5H,1-2H3. The van der Waals surface area contributed by atoms with E-state index in [9.17, 15) is 4.79 Å². The third-order valence-electron chi connectivity index (χ3n) is 1.37. The minimum atomic E-state index is -0.0949. The summed E-state index contributed by atoms with van der Waals surface area (Å²) in [6.45, 7) is 0. The van der Waals surface area contributed by atoms with Crippen molar-refractivity contribution in [3.05, 3.63) is 28.5 Å². The van der Waals surface area contributed by atoms with E-state index in [1.54, 1.807) is 32.4 Å². The van der Waals surface area contributed by atoms with Crippen molar-refractivity contribution in [2.24, 2.45) is 0 Å². The first-order valence-electron chi connectivity index (χ1n) is 3.45. The highest BCUT2D eigenvalue weighted by Gasteiger charge is 2.11. The number of nitrogens with zero attached hydrogens (tertiary/aromatic N) is 2. The van der Waals surface area contributed by atoms with E-state index in [0.29, 0.717) is 5.69 Å². The second-order valence-electron chi connectivity index (χ2n) is 2.53. The number of pyridine rings is 1. The lowest BCUT2D eigenvalue weighted by Crippen LogP contribution is -2.23. The van der Waals surface area contributed by atoms with Crippen LogP contribution in [0.25, 0.3) is 0 Å². The van der Waals surface area contributed by atoms with Crippen LogP contribution < -0.4 is 0 Å². The number of hydrogen-bond donors (Lipinski definition) is 0. The Labute approximate surface area is 79.5 Å². The zero-order valence-electron chi connectivity index (χ0n) is 6.91. The lowest BCUT2D eigenvalue weighted by molar-refractivity contribution is 0.0821. The molecule has 1 heterocycles. The molecule has 0 spiro atoms. The first-order valence-corrected chi connectivity index (χ1v) is 4.24. The molecule has 3 nitrogen and oxygen atoms in total. The largest absolute Gasteiger partial charge is 0.343 e. The van der Waals surface area contributed by atoms with Crippen molar-refractivity contribution in [2.75, 3.05) is 14.1 Å². The highest BCUT2D eigenvalue weighted by Crippen LogP contribution is 2.13. The van der Waals surface area contributed by atoms with Gasteiger partial charge in [0, 0.05) is 24.8 Å². The summed E-state index contributed by atoms with van der Waals surface area (Å²) in [5.41, 5.74) is 0.447. The molecule has 64 valence electrons. The number of aromatic nitrogens is 1. The van der Waals surface area contributed by atoms with Crippen LogP contribution in [0.5, 0.6) is 0 Å². The first-order chi connectivity index (χ1) is 5.63. The summed E-state index contributed by atoms with van der Waals surface area (Å²) in [5, 5.41) is 0. The summed E-state index contributed by atoms with van der Waals surface area (Å²) in [7, 11) is 3.40. The highest BCUT2D eigenvalue weighted by atomic mass is 79.9. The minimum absolute atomic E-state index is 0.0949. The van der Waals surface area contributed by atoms with Crippen LogP contribution in [0, 0.1) is 0 Å². The number of rotatable bonds is 1. The molecule has 0 bridgehead atoms. The first kappa shape index (κ1) is 9.19. The average molecular weight is 229 g/mol. The second kappa shape index (κ2) is 3.67. The maximum absolute atomic E-state index is 11.4. The van der Waals surface area contributed by atoms with Gasteiger partial charge in [0.05, 0.1) is 0 Å². The van der Waals surface area contributed by atoms with Gasteiger partial charge in [-0.2, -0.15) is 0 Å². The maximum Gasteiger partial charge on any atom is 0.273 e. The fourth-order valence-corrected chi connectivity index (χ4v) is 1.18. The Morgan fingerprint density at radius 2 is 2.25 bits per heavy atom. The predicted molar refractivity (Wildman–Crippen MR) is 50.0 cm³/mol. The van der Waals surface area contributed by atoms with E-state index < -0.39 is 0 Å². The summed E-state index contributed by atoms with van der Waals surface area (Å²) in [5.74, 6) is -0.0949. The quantitative estimate of drug-likeness (QED) is 0.731. The third kappa shape index (κ3) is 1.82. The van der Waals surface area contributed by atoms with Crippen molar-refractivity contribution >= 4 is 21.8 Å². The molecule has 1 rings (SSSR count). The Bertz CT molecular complexity index is 299. The molecule has 4 heteroatoms. The van der Waals surface area contributed by atoms with Crippen LogP contribution in [0.4, 0.5) is 0 Å². The van der Waals surface area contributed by atoms with Crippen molar-refractivity contribution in [1.29, 1.82) is 0 Å². The van der Waals surface area contributed by atoms with Gasteiger partial charge in [0.2, 0.25) is 0 Å². The molecule has 1 amide bonds. The van der Waals surface area contributed by atoms with Gasteiger partial charge in [-0.3, -0.25) is 4.79 Å².